The number of halogens is 1. The van der Waals surface area contributed by atoms with Crippen molar-refractivity contribution in [2.75, 3.05) is 0 Å². The van der Waals surface area contributed by atoms with Crippen LogP contribution in [-0.2, 0) is 5.41 Å². The van der Waals surface area contributed by atoms with Gasteiger partial charge in [0.05, 0.1) is 0 Å². The first-order valence-electron chi connectivity index (χ1n) is 7.20. The summed E-state index contributed by atoms with van der Waals surface area (Å²) in [5.41, 5.74) is 2.33. The molecule has 0 saturated carbocycles. The molecule has 21 heavy (non-hydrogen) atoms. The third-order valence-electron chi connectivity index (χ3n) is 3.60. The highest BCUT2D eigenvalue weighted by molar-refractivity contribution is 5.96. The quantitative estimate of drug-likeness (QED) is 0.699. The van der Waals surface area contributed by atoms with Crippen molar-refractivity contribution in [1.29, 1.82) is 0 Å². The van der Waals surface area contributed by atoms with Gasteiger partial charge in [-0.15, -0.1) is 0 Å². The first-order chi connectivity index (χ1) is 9.88. The SMILES string of the molecule is CC(C)(C)c1ccc(C(F)CC(=O)c2ccccc2)cc1. The van der Waals surface area contributed by atoms with Crippen molar-refractivity contribution >= 4 is 5.78 Å². The molecule has 0 heterocycles. The van der Waals surface area contributed by atoms with Crippen LogP contribution in [0.4, 0.5) is 4.39 Å². The van der Waals surface area contributed by atoms with Gasteiger partial charge in [-0.25, -0.2) is 4.39 Å². The van der Waals surface area contributed by atoms with E-state index in [0.717, 1.165) is 5.56 Å². The van der Waals surface area contributed by atoms with Gasteiger partial charge in [0.1, 0.15) is 6.17 Å². The van der Waals surface area contributed by atoms with Crippen LogP contribution in [0.15, 0.2) is 54.6 Å². The molecule has 2 rings (SSSR count). The minimum atomic E-state index is -1.26. The lowest BCUT2D eigenvalue weighted by Crippen LogP contribution is -2.11. The van der Waals surface area contributed by atoms with Crippen LogP contribution >= 0.6 is 0 Å². The Morgan fingerprint density at radius 3 is 2.10 bits per heavy atom. The number of carbonyl (C=O) groups is 1. The van der Waals surface area contributed by atoms with Crippen LogP contribution in [0.2, 0.25) is 0 Å². The zero-order valence-corrected chi connectivity index (χ0v) is 12.8. The summed E-state index contributed by atoms with van der Waals surface area (Å²) >= 11 is 0. The summed E-state index contributed by atoms with van der Waals surface area (Å²) in [6.45, 7) is 6.36. The second-order valence-electron chi connectivity index (χ2n) is 6.33. The lowest BCUT2D eigenvalue weighted by atomic mass is 9.86. The first kappa shape index (κ1) is 15.4. The summed E-state index contributed by atoms with van der Waals surface area (Å²) < 4.78 is 14.3. The van der Waals surface area contributed by atoms with Crippen LogP contribution in [0.5, 0.6) is 0 Å². The summed E-state index contributed by atoms with van der Waals surface area (Å²) in [6.07, 6.45) is -1.37. The van der Waals surface area contributed by atoms with E-state index in [1.807, 2.05) is 18.2 Å². The Morgan fingerprint density at radius 1 is 1.00 bits per heavy atom. The molecular formula is C19H21FO. The van der Waals surface area contributed by atoms with Crippen LogP contribution in [0.25, 0.3) is 0 Å². The fraction of sp³-hybridized carbons (Fsp3) is 0.316. The predicted molar refractivity (Wildman–Crippen MR) is 84.4 cm³/mol. The van der Waals surface area contributed by atoms with Gasteiger partial charge in [0.2, 0.25) is 0 Å². The number of carbonyl (C=O) groups excluding carboxylic acids is 1. The molecule has 0 aliphatic heterocycles. The van der Waals surface area contributed by atoms with E-state index in [4.69, 9.17) is 0 Å². The molecule has 0 radical (unpaired) electrons. The fourth-order valence-electron chi connectivity index (χ4n) is 2.21. The third kappa shape index (κ3) is 4.01. The molecule has 0 bridgehead atoms. The molecular weight excluding hydrogens is 263 g/mol. The minimum absolute atomic E-state index is 0.0458. The topological polar surface area (TPSA) is 17.1 Å². The second kappa shape index (κ2) is 6.21. The van der Waals surface area contributed by atoms with E-state index in [9.17, 15) is 9.18 Å². The van der Waals surface area contributed by atoms with Gasteiger partial charge in [0.15, 0.2) is 5.78 Å². The Hall–Kier alpha value is -1.96. The van der Waals surface area contributed by atoms with Crippen molar-refractivity contribution in [3.05, 3.63) is 71.3 Å². The van der Waals surface area contributed by atoms with E-state index >= 15 is 0 Å². The van der Waals surface area contributed by atoms with Crippen molar-refractivity contribution in [2.24, 2.45) is 0 Å². The van der Waals surface area contributed by atoms with Gasteiger partial charge >= 0.3 is 0 Å². The predicted octanol–water partition coefficient (Wildman–Crippen LogP) is 5.27. The lowest BCUT2D eigenvalue weighted by molar-refractivity contribution is 0.0947. The van der Waals surface area contributed by atoms with E-state index < -0.39 is 6.17 Å². The monoisotopic (exact) mass is 284 g/mol. The van der Waals surface area contributed by atoms with Gasteiger partial charge in [0, 0.05) is 12.0 Å². The Labute approximate surface area is 125 Å². The molecule has 0 fully saturated rings. The average molecular weight is 284 g/mol. The molecule has 0 aliphatic carbocycles. The van der Waals surface area contributed by atoms with Crippen molar-refractivity contribution in [2.45, 2.75) is 38.8 Å². The summed E-state index contributed by atoms with van der Waals surface area (Å²) in [4.78, 5) is 12.0. The molecule has 1 nitrogen and oxygen atoms in total. The molecule has 0 aliphatic rings. The van der Waals surface area contributed by atoms with Crippen molar-refractivity contribution in [1.82, 2.24) is 0 Å². The van der Waals surface area contributed by atoms with E-state index in [1.165, 1.54) is 0 Å². The van der Waals surface area contributed by atoms with E-state index in [0.29, 0.717) is 11.1 Å². The largest absolute Gasteiger partial charge is 0.294 e. The van der Waals surface area contributed by atoms with E-state index in [2.05, 4.69) is 20.8 Å². The van der Waals surface area contributed by atoms with Crippen LogP contribution in [0, 0.1) is 0 Å². The summed E-state index contributed by atoms with van der Waals surface area (Å²) in [5.74, 6) is -0.164. The van der Waals surface area contributed by atoms with Gasteiger partial charge in [-0.1, -0.05) is 75.4 Å². The zero-order chi connectivity index (χ0) is 15.5. The van der Waals surface area contributed by atoms with Crippen LogP contribution in [-0.4, -0.2) is 5.78 Å². The Bertz CT molecular complexity index is 594. The maximum Gasteiger partial charge on any atom is 0.166 e. The number of hydrogen-bond donors (Lipinski definition) is 0. The standard InChI is InChI=1S/C19H21FO/c1-19(2,3)16-11-9-14(10-12-16)17(20)13-18(21)15-7-5-4-6-8-15/h4-12,17H,13H2,1-3H3. The molecule has 2 aromatic carbocycles. The zero-order valence-electron chi connectivity index (χ0n) is 12.8. The highest BCUT2D eigenvalue weighted by atomic mass is 19.1. The number of Topliss-reactive ketones (excluding diaryl/α,β-unsaturated/α-hetero) is 1. The highest BCUT2D eigenvalue weighted by Crippen LogP contribution is 2.27. The summed E-state index contributed by atoms with van der Waals surface area (Å²) in [6, 6.07) is 16.3. The highest BCUT2D eigenvalue weighted by Gasteiger charge is 2.18. The summed E-state index contributed by atoms with van der Waals surface area (Å²) in [7, 11) is 0. The molecule has 0 N–H and O–H groups in total. The van der Waals surface area contributed by atoms with Gasteiger partial charge in [-0.2, -0.15) is 0 Å². The number of ketones is 1. The van der Waals surface area contributed by atoms with Crippen LogP contribution in [0.1, 0.15) is 54.8 Å². The van der Waals surface area contributed by atoms with Gasteiger partial charge in [-0.3, -0.25) is 4.79 Å². The molecule has 1 atom stereocenters. The van der Waals surface area contributed by atoms with Crippen LogP contribution < -0.4 is 0 Å². The van der Waals surface area contributed by atoms with Gasteiger partial charge in [-0.05, 0) is 16.5 Å². The molecule has 0 spiro atoms. The number of benzene rings is 2. The van der Waals surface area contributed by atoms with Gasteiger partial charge in [0.25, 0.3) is 0 Å². The normalized spacial score (nSPS) is 13.0. The maximum absolute atomic E-state index is 14.3. The minimum Gasteiger partial charge on any atom is -0.294 e. The van der Waals surface area contributed by atoms with E-state index in [1.54, 1.807) is 36.4 Å². The van der Waals surface area contributed by atoms with Crippen molar-refractivity contribution in [3.8, 4) is 0 Å². The molecule has 2 heteroatoms. The Morgan fingerprint density at radius 2 is 1.57 bits per heavy atom. The Balaban J connectivity index is 2.07. The molecule has 2 aromatic rings. The Kier molecular flexibility index (Phi) is 4.56. The lowest BCUT2D eigenvalue weighted by Gasteiger charge is -2.19. The summed E-state index contributed by atoms with van der Waals surface area (Å²) in [5, 5.41) is 0. The third-order valence-corrected chi connectivity index (χ3v) is 3.60. The van der Waals surface area contributed by atoms with E-state index in [-0.39, 0.29) is 17.6 Å². The van der Waals surface area contributed by atoms with Crippen molar-refractivity contribution < 1.29 is 9.18 Å². The fourth-order valence-corrected chi connectivity index (χ4v) is 2.21. The average Bonchev–Trinajstić information content (AvgIpc) is 2.47. The van der Waals surface area contributed by atoms with Crippen LogP contribution in [0.3, 0.4) is 0 Å². The number of hydrogen-bond acceptors (Lipinski definition) is 1. The molecule has 110 valence electrons. The maximum atomic E-state index is 14.3. The van der Waals surface area contributed by atoms with Crippen molar-refractivity contribution in [3.63, 3.8) is 0 Å². The molecule has 0 amide bonds. The number of alkyl halides is 1. The second-order valence-corrected chi connectivity index (χ2v) is 6.33. The van der Waals surface area contributed by atoms with Gasteiger partial charge < -0.3 is 0 Å². The molecule has 0 saturated heterocycles. The molecule has 1 unspecified atom stereocenters. The first-order valence-corrected chi connectivity index (χ1v) is 7.20. The smallest absolute Gasteiger partial charge is 0.166 e. The molecule has 0 aromatic heterocycles. The number of rotatable bonds is 4.